The first kappa shape index (κ1) is 11.8. The number of carbonyl (C=O) groups is 2. The van der Waals surface area contributed by atoms with Crippen LogP contribution in [0.3, 0.4) is 0 Å². The monoisotopic (exact) mass is 231 g/mol. The molecule has 0 aliphatic heterocycles. The Labute approximate surface area is 101 Å². The molecule has 1 aliphatic carbocycles. The molecule has 0 saturated heterocycles. The van der Waals surface area contributed by atoms with E-state index in [0.29, 0.717) is 12.1 Å². The zero-order valence-corrected chi connectivity index (χ0v) is 9.76. The highest BCUT2D eigenvalue weighted by Crippen LogP contribution is 2.32. The van der Waals surface area contributed by atoms with Crippen LogP contribution in [0.25, 0.3) is 0 Å². The van der Waals surface area contributed by atoms with Crippen LogP contribution in [0.1, 0.15) is 37.2 Å². The Bertz CT molecular complexity index is 411. The molecule has 90 valence electrons. The molecule has 1 aromatic rings. The van der Waals surface area contributed by atoms with Crippen LogP contribution in [-0.2, 0) is 9.59 Å². The Morgan fingerprint density at radius 3 is 2.53 bits per heavy atom. The van der Waals surface area contributed by atoms with Crippen LogP contribution in [0, 0.1) is 5.92 Å². The molecule has 17 heavy (non-hydrogen) atoms. The summed E-state index contributed by atoms with van der Waals surface area (Å²) in [6, 6.07) is 7.24. The van der Waals surface area contributed by atoms with Crippen molar-refractivity contribution in [2.24, 2.45) is 5.92 Å². The normalized spacial score (nSPS) is 22.1. The van der Waals surface area contributed by atoms with Crippen molar-refractivity contribution >= 4 is 17.8 Å². The fraction of sp³-hybridized carbons (Fsp3) is 0.429. The molecule has 2 atom stereocenters. The number of ketones is 1. The minimum Gasteiger partial charge on any atom is -0.399 e. The lowest BCUT2D eigenvalue weighted by Crippen LogP contribution is -2.26. The third-order valence-corrected chi connectivity index (χ3v) is 3.50. The van der Waals surface area contributed by atoms with Gasteiger partial charge < -0.3 is 10.5 Å². The molecule has 1 saturated carbocycles. The number of nitrogen functional groups attached to an aromatic ring is 1. The number of hydrogen-bond donors (Lipinski definition) is 1. The van der Waals surface area contributed by atoms with E-state index in [9.17, 15) is 9.59 Å². The fourth-order valence-electron chi connectivity index (χ4n) is 2.51. The van der Waals surface area contributed by atoms with Gasteiger partial charge in [-0.3, -0.25) is 4.79 Å². The van der Waals surface area contributed by atoms with Crippen molar-refractivity contribution in [3.8, 4) is 0 Å². The molecule has 0 radical (unpaired) electrons. The molecule has 0 aromatic heterocycles. The van der Waals surface area contributed by atoms with E-state index < -0.39 is 0 Å². The molecule has 2 rings (SSSR count). The number of Topliss-reactive ketones (excluding diaryl/α,β-unsaturated/α-hetero) is 1. The lowest BCUT2D eigenvalue weighted by atomic mass is 9.76. The SMILES string of the molecule is Nc1ccc(C(C=O)C2CCCCC2=O)cc1. The van der Waals surface area contributed by atoms with Crippen LogP contribution in [-0.4, -0.2) is 12.1 Å². The maximum absolute atomic E-state index is 11.9. The molecule has 0 heterocycles. The molecule has 2 N–H and O–H groups in total. The van der Waals surface area contributed by atoms with E-state index in [-0.39, 0.29) is 17.6 Å². The Hall–Kier alpha value is -1.64. The van der Waals surface area contributed by atoms with E-state index in [0.717, 1.165) is 31.1 Å². The fourth-order valence-corrected chi connectivity index (χ4v) is 2.51. The van der Waals surface area contributed by atoms with Crippen molar-refractivity contribution in [1.82, 2.24) is 0 Å². The number of hydrogen-bond acceptors (Lipinski definition) is 3. The summed E-state index contributed by atoms with van der Waals surface area (Å²) in [7, 11) is 0. The molecular formula is C14H17NO2. The number of anilines is 1. The minimum atomic E-state index is -0.302. The predicted octanol–water partition coefficient (Wildman–Crippen LogP) is 2.31. The second-order valence-electron chi connectivity index (χ2n) is 4.65. The highest BCUT2D eigenvalue weighted by Gasteiger charge is 2.30. The average Bonchev–Trinajstić information content (AvgIpc) is 2.35. The van der Waals surface area contributed by atoms with Gasteiger partial charge >= 0.3 is 0 Å². The summed E-state index contributed by atoms with van der Waals surface area (Å²) in [5.41, 5.74) is 7.19. The van der Waals surface area contributed by atoms with Crippen LogP contribution in [0.15, 0.2) is 24.3 Å². The topological polar surface area (TPSA) is 60.2 Å². The van der Waals surface area contributed by atoms with Gasteiger partial charge in [-0.25, -0.2) is 0 Å². The zero-order valence-electron chi connectivity index (χ0n) is 9.76. The number of benzene rings is 1. The van der Waals surface area contributed by atoms with E-state index in [4.69, 9.17) is 5.73 Å². The predicted molar refractivity (Wildman–Crippen MR) is 66.6 cm³/mol. The molecule has 0 amide bonds. The largest absolute Gasteiger partial charge is 0.399 e. The van der Waals surface area contributed by atoms with Crippen molar-refractivity contribution in [3.63, 3.8) is 0 Å². The van der Waals surface area contributed by atoms with Crippen molar-refractivity contribution in [2.75, 3.05) is 5.73 Å². The van der Waals surface area contributed by atoms with E-state index in [2.05, 4.69) is 0 Å². The average molecular weight is 231 g/mol. The maximum atomic E-state index is 11.9. The highest BCUT2D eigenvalue weighted by atomic mass is 16.1. The molecule has 2 unspecified atom stereocenters. The molecule has 1 aromatic carbocycles. The Balaban J connectivity index is 2.23. The number of aldehydes is 1. The summed E-state index contributed by atoms with van der Waals surface area (Å²) >= 11 is 0. The van der Waals surface area contributed by atoms with E-state index in [1.165, 1.54) is 0 Å². The summed E-state index contributed by atoms with van der Waals surface area (Å²) in [4.78, 5) is 23.1. The number of rotatable bonds is 3. The Morgan fingerprint density at radius 1 is 1.24 bits per heavy atom. The molecule has 1 fully saturated rings. The second kappa shape index (κ2) is 5.13. The molecule has 3 nitrogen and oxygen atoms in total. The first-order chi connectivity index (χ1) is 8.22. The van der Waals surface area contributed by atoms with Crippen molar-refractivity contribution in [3.05, 3.63) is 29.8 Å². The molecule has 0 bridgehead atoms. The van der Waals surface area contributed by atoms with Gasteiger partial charge in [-0.15, -0.1) is 0 Å². The summed E-state index contributed by atoms with van der Waals surface area (Å²) in [6.07, 6.45) is 4.34. The smallest absolute Gasteiger partial charge is 0.137 e. The quantitative estimate of drug-likeness (QED) is 0.641. The molecule has 3 heteroatoms. The Kier molecular flexibility index (Phi) is 3.57. The van der Waals surface area contributed by atoms with Gasteiger partial charge in [0.05, 0.1) is 0 Å². The zero-order chi connectivity index (χ0) is 12.3. The number of nitrogens with two attached hydrogens (primary N) is 1. The summed E-state index contributed by atoms with van der Waals surface area (Å²) in [6.45, 7) is 0. The number of carbonyl (C=O) groups excluding carboxylic acids is 2. The summed E-state index contributed by atoms with van der Waals surface area (Å²) < 4.78 is 0. The molecule has 0 spiro atoms. The van der Waals surface area contributed by atoms with Gasteiger partial charge in [0.1, 0.15) is 12.1 Å². The van der Waals surface area contributed by atoms with Gasteiger partial charge in [0.2, 0.25) is 0 Å². The Morgan fingerprint density at radius 2 is 1.94 bits per heavy atom. The summed E-state index contributed by atoms with van der Waals surface area (Å²) in [5, 5.41) is 0. The minimum absolute atomic E-state index is 0.134. The molecular weight excluding hydrogens is 214 g/mol. The van der Waals surface area contributed by atoms with Crippen LogP contribution in [0.2, 0.25) is 0 Å². The second-order valence-corrected chi connectivity index (χ2v) is 4.65. The molecule has 1 aliphatic rings. The lowest BCUT2D eigenvalue weighted by Gasteiger charge is -2.25. The van der Waals surface area contributed by atoms with E-state index in [1.807, 2.05) is 12.1 Å². The van der Waals surface area contributed by atoms with Crippen LogP contribution in [0.5, 0.6) is 0 Å². The van der Waals surface area contributed by atoms with Crippen molar-refractivity contribution < 1.29 is 9.59 Å². The van der Waals surface area contributed by atoms with Gasteiger partial charge in [0.15, 0.2) is 0 Å². The van der Waals surface area contributed by atoms with E-state index in [1.54, 1.807) is 12.1 Å². The van der Waals surface area contributed by atoms with Gasteiger partial charge in [-0.2, -0.15) is 0 Å². The van der Waals surface area contributed by atoms with Crippen LogP contribution in [0.4, 0.5) is 5.69 Å². The van der Waals surface area contributed by atoms with E-state index >= 15 is 0 Å². The van der Waals surface area contributed by atoms with Gasteiger partial charge in [0.25, 0.3) is 0 Å². The standard InChI is InChI=1S/C14H17NO2/c15-11-7-5-10(6-8-11)13(9-16)12-3-1-2-4-14(12)17/h5-9,12-13H,1-4,15H2. The first-order valence-electron chi connectivity index (χ1n) is 6.06. The van der Waals surface area contributed by atoms with Crippen molar-refractivity contribution in [1.29, 1.82) is 0 Å². The third kappa shape index (κ3) is 2.54. The van der Waals surface area contributed by atoms with Crippen LogP contribution < -0.4 is 5.73 Å². The van der Waals surface area contributed by atoms with Gasteiger partial charge in [0, 0.05) is 23.9 Å². The van der Waals surface area contributed by atoms with Crippen molar-refractivity contribution in [2.45, 2.75) is 31.6 Å². The van der Waals surface area contributed by atoms with Crippen LogP contribution >= 0.6 is 0 Å². The first-order valence-corrected chi connectivity index (χ1v) is 6.06. The third-order valence-electron chi connectivity index (χ3n) is 3.50. The summed E-state index contributed by atoms with van der Waals surface area (Å²) in [5.74, 6) is -0.210. The maximum Gasteiger partial charge on any atom is 0.137 e. The van der Waals surface area contributed by atoms with Gasteiger partial charge in [-0.05, 0) is 30.5 Å². The lowest BCUT2D eigenvalue weighted by molar-refractivity contribution is -0.127. The highest BCUT2D eigenvalue weighted by molar-refractivity contribution is 5.86. The van der Waals surface area contributed by atoms with Gasteiger partial charge in [-0.1, -0.05) is 18.6 Å².